The Morgan fingerprint density at radius 1 is 1.09 bits per heavy atom. The number of esters is 1. The Labute approximate surface area is 191 Å². The SMILES string of the molecule is COc1cc(/C=C(\C#N)C(=O)N2CCOCC2)ccc1OC(=O)/C=C/c1ccc(Cl)cc1. The summed E-state index contributed by atoms with van der Waals surface area (Å²) < 4.78 is 15.9. The van der Waals surface area contributed by atoms with Crippen LogP contribution in [0.3, 0.4) is 0 Å². The Hall–Kier alpha value is -3.60. The van der Waals surface area contributed by atoms with Crippen molar-refractivity contribution in [2.45, 2.75) is 0 Å². The summed E-state index contributed by atoms with van der Waals surface area (Å²) in [6.45, 7) is 1.79. The average Bonchev–Trinajstić information content (AvgIpc) is 2.83. The van der Waals surface area contributed by atoms with Crippen LogP contribution in [-0.4, -0.2) is 50.2 Å². The Morgan fingerprint density at radius 3 is 2.44 bits per heavy atom. The van der Waals surface area contributed by atoms with E-state index in [4.69, 9.17) is 25.8 Å². The van der Waals surface area contributed by atoms with Gasteiger partial charge in [0, 0.05) is 24.2 Å². The van der Waals surface area contributed by atoms with E-state index in [0.29, 0.717) is 42.6 Å². The summed E-state index contributed by atoms with van der Waals surface area (Å²) in [5, 5.41) is 10.1. The van der Waals surface area contributed by atoms with Gasteiger partial charge in [0.1, 0.15) is 11.6 Å². The topological polar surface area (TPSA) is 88.9 Å². The first-order valence-electron chi connectivity index (χ1n) is 9.82. The van der Waals surface area contributed by atoms with Gasteiger partial charge in [0.05, 0.1) is 20.3 Å². The lowest BCUT2D eigenvalue weighted by Crippen LogP contribution is -2.41. The summed E-state index contributed by atoms with van der Waals surface area (Å²) in [4.78, 5) is 26.3. The number of nitrogens with zero attached hydrogens (tertiary/aromatic N) is 2. The summed E-state index contributed by atoms with van der Waals surface area (Å²) in [6, 6.07) is 13.7. The van der Waals surface area contributed by atoms with E-state index in [-0.39, 0.29) is 17.2 Å². The van der Waals surface area contributed by atoms with Crippen LogP contribution < -0.4 is 9.47 Å². The summed E-state index contributed by atoms with van der Waals surface area (Å²) in [5.74, 6) is -0.420. The van der Waals surface area contributed by atoms with E-state index >= 15 is 0 Å². The molecule has 2 aromatic rings. The summed E-state index contributed by atoms with van der Waals surface area (Å²) in [6.07, 6.45) is 4.39. The van der Waals surface area contributed by atoms with Crippen LogP contribution in [0.2, 0.25) is 5.02 Å². The van der Waals surface area contributed by atoms with Crippen LogP contribution >= 0.6 is 11.6 Å². The van der Waals surface area contributed by atoms with E-state index < -0.39 is 5.97 Å². The van der Waals surface area contributed by atoms with E-state index in [1.165, 1.54) is 19.3 Å². The number of rotatable bonds is 6. The maximum atomic E-state index is 12.6. The van der Waals surface area contributed by atoms with Crippen molar-refractivity contribution in [2.75, 3.05) is 33.4 Å². The van der Waals surface area contributed by atoms with Crippen LogP contribution in [-0.2, 0) is 14.3 Å². The zero-order valence-corrected chi connectivity index (χ0v) is 18.2. The molecule has 1 fully saturated rings. The van der Waals surface area contributed by atoms with Gasteiger partial charge in [0.15, 0.2) is 11.5 Å². The van der Waals surface area contributed by atoms with E-state index in [0.717, 1.165) is 5.56 Å². The number of hydrogen-bond acceptors (Lipinski definition) is 6. The van der Waals surface area contributed by atoms with Crippen LogP contribution in [0.4, 0.5) is 0 Å². The molecule has 0 atom stereocenters. The first kappa shape index (κ1) is 23.1. The third-order valence-electron chi connectivity index (χ3n) is 4.64. The van der Waals surface area contributed by atoms with Gasteiger partial charge >= 0.3 is 5.97 Å². The van der Waals surface area contributed by atoms with E-state index in [1.807, 2.05) is 6.07 Å². The summed E-state index contributed by atoms with van der Waals surface area (Å²) >= 11 is 5.85. The van der Waals surface area contributed by atoms with E-state index in [1.54, 1.807) is 53.4 Å². The molecule has 8 heteroatoms. The highest BCUT2D eigenvalue weighted by atomic mass is 35.5. The lowest BCUT2D eigenvalue weighted by molar-refractivity contribution is -0.130. The zero-order chi connectivity index (χ0) is 22.9. The van der Waals surface area contributed by atoms with Crippen molar-refractivity contribution in [1.29, 1.82) is 5.26 Å². The number of morpholine rings is 1. The molecule has 1 aliphatic rings. The van der Waals surface area contributed by atoms with Crippen molar-refractivity contribution < 1.29 is 23.8 Å². The van der Waals surface area contributed by atoms with E-state index in [9.17, 15) is 14.9 Å². The second-order valence-corrected chi connectivity index (χ2v) is 7.23. The molecule has 0 aliphatic carbocycles. The van der Waals surface area contributed by atoms with E-state index in [2.05, 4.69) is 0 Å². The summed E-state index contributed by atoms with van der Waals surface area (Å²) in [5.41, 5.74) is 1.37. The number of benzene rings is 2. The standard InChI is InChI=1S/C24H21ClN2O5/c1-30-22-15-18(14-19(16-26)24(29)27-10-12-31-13-11-27)4-8-21(22)32-23(28)9-5-17-2-6-20(25)7-3-17/h2-9,14-15H,10-13H2,1H3/b9-5+,19-14+. The molecular formula is C24H21ClN2O5. The molecule has 0 N–H and O–H groups in total. The lowest BCUT2D eigenvalue weighted by Gasteiger charge is -2.26. The largest absolute Gasteiger partial charge is 0.493 e. The van der Waals surface area contributed by atoms with Gasteiger partial charge in [0.25, 0.3) is 5.91 Å². The second kappa shape index (κ2) is 11.1. The molecule has 164 valence electrons. The van der Waals surface area contributed by atoms with Crippen LogP contribution in [0, 0.1) is 11.3 Å². The van der Waals surface area contributed by atoms with Crippen LogP contribution in [0.1, 0.15) is 11.1 Å². The minimum atomic E-state index is -0.582. The third-order valence-corrected chi connectivity index (χ3v) is 4.89. The minimum Gasteiger partial charge on any atom is -0.493 e. The van der Waals surface area contributed by atoms with Gasteiger partial charge in [-0.25, -0.2) is 4.79 Å². The van der Waals surface area contributed by atoms with Crippen molar-refractivity contribution in [2.24, 2.45) is 0 Å². The first-order valence-corrected chi connectivity index (χ1v) is 10.2. The molecule has 2 aromatic carbocycles. The third kappa shape index (κ3) is 6.20. The van der Waals surface area contributed by atoms with Crippen molar-refractivity contribution in [3.05, 3.63) is 70.3 Å². The number of hydrogen-bond donors (Lipinski definition) is 0. The molecule has 1 amide bonds. The number of halogens is 1. The Balaban J connectivity index is 1.72. The molecule has 7 nitrogen and oxygen atoms in total. The monoisotopic (exact) mass is 452 g/mol. The Bertz CT molecular complexity index is 1080. The second-order valence-electron chi connectivity index (χ2n) is 6.79. The number of nitriles is 1. The average molecular weight is 453 g/mol. The number of methoxy groups -OCH3 is 1. The molecule has 1 aliphatic heterocycles. The van der Waals surface area contributed by atoms with Gasteiger partial charge in [-0.15, -0.1) is 0 Å². The minimum absolute atomic E-state index is 0.00426. The predicted octanol–water partition coefficient (Wildman–Crippen LogP) is 3.73. The normalized spacial score (nSPS) is 14.2. The highest BCUT2D eigenvalue weighted by molar-refractivity contribution is 6.30. The number of ether oxygens (including phenoxy) is 3. The van der Waals surface area contributed by atoms with Gasteiger partial charge in [0.2, 0.25) is 0 Å². The van der Waals surface area contributed by atoms with Crippen LogP contribution in [0.25, 0.3) is 12.2 Å². The smallest absolute Gasteiger partial charge is 0.336 e. The fourth-order valence-electron chi connectivity index (χ4n) is 2.98. The van der Waals surface area contributed by atoms with Crippen LogP contribution in [0.5, 0.6) is 11.5 Å². The maximum absolute atomic E-state index is 12.6. The van der Waals surface area contributed by atoms with Gasteiger partial charge in [-0.1, -0.05) is 29.8 Å². The van der Waals surface area contributed by atoms with Gasteiger partial charge < -0.3 is 19.1 Å². The molecule has 0 bridgehead atoms. The molecule has 0 unspecified atom stereocenters. The quantitative estimate of drug-likeness (QED) is 0.287. The molecule has 0 saturated carbocycles. The Kier molecular flexibility index (Phi) is 8.03. The van der Waals surface area contributed by atoms with Crippen molar-refractivity contribution >= 4 is 35.6 Å². The molecule has 0 aromatic heterocycles. The number of carbonyl (C=O) groups excluding carboxylic acids is 2. The van der Waals surface area contributed by atoms with Crippen LogP contribution in [0.15, 0.2) is 54.1 Å². The molecule has 1 heterocycles. The zero-order valence-electron chi connectivity index (χ0n) is 17.4. The molecule has 0 radical (unpaired) electrons. The molecular weight excluding hydrogens is 432 g/mol. The first-order chi connectivity index (χ1) is 15.5. The van der Waals surface area contributed by atoms with Gasteiger partial charge in [-0.3, -0.25) is 4.79 Å². The fraction of sp³-hybridized carbons (Fsp3) is 0.208. The molecule has 3 rings (SSSR count). The van der Waals surface area contributed by atoms with Gasteiger partial charge in [-0.2, -0.15) is 5.26 Å². The van der Waals surface area contributed by atoms with Gasteiger partial charge in [-0.05, 0) is 47.5 Å². The highest BCUT2D eigenvalue weighted by Gasteiger charge is 2.20. The van der Waals surface area contributed by atoms with Crippen molar-refractivity contribution in [3.8, 4) is 17.6 Å². The summed E-state index contributed by atoms with van der Waals surface area (Å²) in [7, 11) is 1.44. The molecule has 32 heavy (non-hydrogen) atoms. The lowest BCUT2D eigenvalue weighted by atomic mass is 10.1. The number of carbonyl (C=O) groups is 2. The Morgan fingerprint density at radius 2 is 1.78 bits per heavy atom. The van der Waals surface area contributed by atoms with Crippen molar-refractivity contribution in [3.63, 3.8) is 0 Å². The molecule has 0 spiro atoms. The van der Waals surface area contributed by atoms with Crippen molar-refractivity contribution in [1.82, 2.24) is 4.90 Å². The molecule has 1 saturated heterocycles. The number of amides is 1. The maximum Gasteiger partial charge on any atom is 0.336 e. The highest BCUT2D eigenvalue weighted by Crippen LogP contribution is 2.29. The predicted molar refractivity (Wildman–Crippen MR) is 120 cm³/mol. The fourth-order valence-corrected chi connectivity index (χ4v) is 3.11.